The van der Waals surface area contributed by atoms with E-state index in [1.807, 2.05) is 29.7 Å². The molecule has 3 rings (SSSR count). The number of nitrogens with zero attached hydrogens (tertiary/aromatic N) is 3. The summed E-state index contributed by atoms with van der Waals surface area (Å²) in [4.78, 5) is 12.5. The molecular weight excluding hydrogens is 344 g/mol. The zero-order valence-corrected chi connectivity index (χ0v) is 16.3. The lowest BCUT2D eigenvalue weighted by atomic mass is 10.1. The Morgan fingerprint density at radius 3 is 2.88 bits per heavy atom. The summed E-state index contributed by atoms with van der Waals surface area (Å²) in [6, 6.07) is 8.53. The molecule has 1 aliphatic rings. The van der Waals surface area contributed by atoms with Gasteiger partial charge in [0.15, 0.2) is 11.0 Å². The Balaban J connectivity index is 1.76. The number of hydrogen-bond acceptors (Lipinski definition) is 4. The first-order valence-corrected chi connectivity index (χ1v) is 10.0. The van der Waals surface area contributed by atoms with Crippen molar-refractivity contribution in [3.63, 3.8) is 0 Å². The predicted octanol–water partition coefficient (Wildman–Crippen LogP) is 3.98. The number of amides is 1. The average molecular weight is 371 g/mol. The van der Waals surface area contributed by atoms with Crippen molar-refractivity contribution in [2.75, 3.05) is 0 Å². The molecule has 1 atom stereocenters. The number of hydrogen-bond donors (Lipinski definition) is 1. The highest BCUT2D eigenvalue weighted by Crippen LogP contribution is 2.28. The summed E-state index contributed by atoms with van der Waals surface area (Å²) in [6.07, 6.45) is 6.43. The van der Waals surface area contributed by atoms with Gasteiger partial charge in [-0.1, -0.05) is 54.4 Å². The molecule has 1 fully saturated rings. The third-order valence-corrected chi connectivity index (χ3v) is 5.74. The van der Waals surface area contributed by atoms with Crippen LogP contribution in [0.2, 0.25) is 0 Å². The standard InChI is InChI=1S/C20H26N4OS/c1-4-12-24-18(16-9-7-8-14(2)13-16)22-23-20(24)26-15(3)19(25)21-17-10-5-6-11-17/h4,7-9,13,15,17H,1,5-6,10-12H2,2-3H3,(H,21,25)/t15-/m1/s1. The quantitative estimate of drug-likeness (QED) is 0.592. The van der Waals surface area contributed by atoms with Crippen molar-refractivity contribution in [3.05, 3.63) is 42.5 Å². The molecule has 0 aliphatic heterocycles. The van der Waals surface area contributed by atoms with Crippen LogP contribution in [0.3, 0.4) is 0 Å². The van der Waals surface area contributed by atoms with Crippen molar-refractivity contribution in [2.45, 2.75) is 62.5 Å². The van der Waals surface area contributed by atoms with E-state index in [-0.39, 0.29) is 11.2 Å². The second-order valence-corrected chi connectivity index (χ2v) is 8.13. The van der Waals surface area contributed by atoms with Gasteiger partial charge in [-0.3, -0.25) is 9.36 Å². The Morgan fingerprint density at radius 1 is 1.42 bits per heavy atom. The minimum atomic E-state index is -0.214. The van der Waals surface area contributed by atoms with Crippen LogP contribution in [0.4, 0.5) is 0 Å². The van der Waals surface area contributed by atoms with Gasteiger partial charge in [-0.25, -0.2) is 0 Å². The Bertz CT molecular complexity index is 780. The van der Waals surface area contributed by atoms with Gasteiger partial charge in [0.2, 0.25) is 5.91 Å². The maximum Gasteiger partial charge on any atom is 0.233 e. The van der Waals surface area contributed by atoms with Crippen molar-refractivity contribution in [2.24, 2.45) is 0 Å². The summed E-state index contributed by atoms with van der Waals surface area (Å²) >= 11 is 1.45. The van der Waals surface area contributed by atoms with Crippen LogP contribution in [0, 0.1) is 6.92 Å². The molecule has 26 heavy (non-hydrogen) atoms. The largest absolute Gasteiger partial charge is 0.352 e. The minimum absolute atomic E-state index is 0.0761. The van der Waals surface area contributed by atoms with E-state index in [2.05, 4.69) is 41.1 Å². The first-order chi connectivity index (χ1) is 12.6. The van der Waals surface area contributed by atoms with Crippen LogP contribution in [0.15, 0.2) is 42.1 Å². The zero-order valence-electron chi connectivity index (χ0n) is 15.4. The van der Waals surface area contributed by atoms with E-state index in [0.717, 1.165) is 29.4 Å². The maximum atomic E-state index is 12.5. The molecule has 138 valence electrons. The van der Waals surface area contributed by atoms with Crippen LogP contribution in [0.25, 0.3) is 11.4 Å². The van der Waals surface area contributed by atoms with Crippen LogP contribution in [0.1, 0.15) is 38.2 Å². The minimum Gasteiger partial charge on any atom is -0.352 e. The lowest BCUT2D eigenvalue weighted by Gasteiger charge is -2.16. The zero-order chi connectivity index (χ0) is 18.5. The number of aromatic nitrogens is 3. The van der Waals surface area contributed by atoms with Gasteiger partial charge in [-0.05, 0) is 32.8 Å². The molecule has 0 saturated heterocycles. The highest BCUT2D eigenvalue weighted by Gasteiger charge is 2.23. The number of rotatable bonds is 7. The molecule has 1 aromatic carbocycles. The van der Waals surface area contributed by atoms with E-state index < -0.39 is 0 Å². The Kier molecular flexibility index (Phi) is 6.14. The highest BCUT2D eigenvalue weighted by molar-refractivity contribution is 8.00. The summed E-state index contributed by atoms with van der Waals surface area (Å²) in [5.41, 5.74) is 2.20. The fourth-order valence-corrected chi connectivity index (χ4v) is 4.14. The molecule has 0 spiro atoms. The van der Waals surface area contributed by atoms with Crippen molar-refractivity contribution >= 4 is 17.7 Å². The van der Waals surface area contributed by atoms with E-state index in [1.54, 1.807) is 0 Å². The summed E-state index contributed by atoms with van der Waals surface area (Å²) in [5.74, 6) is 0.881. The number of aryl methyl sites for hydroxylation is 1. The molecule has 1 heterocycles. The molecule has 6 heteroatoms. The molecule has 1 amide bonds. The van der Waals surface area contributed by atoms with Crippen molar-refractivity contribution in [3.8, 4) is 11.4 Å². The van der Waals surface area contributed by atoms with Crippen LogP contribution >= 0.6 is 11.8 Å². The molecule has 0 bridgehead atoms. The summed E-state index contributed by atoms with van der Waals surface area (Å²) in [7, 11) is 0. The molecule has 1 N–H and O–H groups in total. The smallest absolute Gasteiger partial charge is 0.233 e. The van der Waals surface area contributed by atoms with Gasteiger partial charge in [0.05, 0.1) is 5.25 Å². The number of carbonyl (C=O) groups excluding carboxylic acids is 1. The van der Waals surface area contributed by atoms with E-state index >= 15 is 0 Å². The predicted molar refractivity (Wildman–Crippen MR) is 106 cm³/mol. The van der Waals surface area contributed by atoms with Crippen LogP contribution in [0.5, 0.6) is 0 Å². The molecular formula is C20H26N4OS. The molecule has 0 radical (unpaired) electrons. The highest BCUT2D eigenvalue weighted by atomic mass is 32.2. The van der Waals surface area contributed by atoms with E-state index in [9.17, 15) is 4.79 Å². The Hall–Kier alpha value is -2.08. The van der Waals surface area contributed by atoms with E-state index in [1.165, 1.54) is 30.2 Å². The van der Waals surface area contributed by atoms with Crippen LogP contribution in [-0.2, 0) is 11.3 Å². The van der Waals surface area contributed by atoms with Gasteiger partial charge >= 0.3 is 0 Å². The SMILES string of the molecule is C=CCn1c(S[C@H](C)C(=O)NC2CCCC2)nnc1-c1cccc(C)c1. The maximum absolute atomic E-state index is 12.5. The molecule has 5 nitrogen and oxygen atoms in total. The van der Waals surface area contributed by atoms with E-state index in [4.69, 9.17) is 0 Å². The van der Waals surface area contributed by atoms with Crippen molar-refractivity contribution in [1.29, 1.82) is 0 Å². The Morgan fingerprint density at radius 2 is 2.19 bits per heavy atom. The summed E-state index contributed by atoms with van der Waals surface area (Å²) in [6.45, 7) is 8.44. The number of thioether (sulfide) groups is 1. The molecule has 1 saturated carbocycles. The van der Waals surface area contributed by atoms with Crippen molar-refractivity contribution in [1.82, 2.24) is 20.1 Å². The Labute approximate surface area is 159 Å². The second-order valence-electron chi connectivity index (χ2n) is 6.82. The average Bonchev–Trinajstić information content (AvgIpc) is 3.26. The monoisotopic (exact) mass is 370 g/mol. The lowest BCUT2D eigenvalue weighted by Crippen LogP contribution is -2.37. The second kappa shape index (κ2) is 8.54. The number of carbonyl (C=O) groups is 1. The molecule has 2 aromatic rings. The van der Waals surface area contributed by atoms with Crippen LogP contribution in [-0.4, -0.2) is 32.0 Å². The van der Waals surface area contributed by atoms with Gasteiger partial charge in [-0.15, -0.1) is 16.8 Å². The van der Waals surface area contributed by atoms with Gasteiger partial charge in [0.25, 0.3) is 0 Å². The third-order valence-electron chi connectivity index (χ3n) is 4.66. The fraction of sp³-hybridized carbons (Fsp3) is 0.450. The van der Waals surface area contributed by atoms with Crippen molar-refractivity contribution < 1.29 is 4.79 Å². The topological polar surface area (TPSA) is 59.8 Å². The van der Waals surface area contributed by atoms with Gasteiger partial charge in [0, 0.05) is 18.2 Å². The van der Waals surface area contributed by atoms with Gasteiger partial charge < -0.3 is 5.32 Å². The number of benzene rings is 1. The number of allylic oxidation sites excluding steroid dienone is 1. The molecule has 1 aliphatic carbocycles. The van der Waals surface area contributed by atoms with Gasteiger partial charge in [-0.2, -0.15) is 0 Å². The molecule has 0 unspecified atom stereocenters. The molecule has 1 aromatic heterocycles. The normalized spacial score (nSPS) is 15.8. The number of nitrogens with one attached hydrogen (secondary N) is 1. The first kappa shape index (κ1) is 18.7. The summed E-state index contributed by atoms with van der Waals surface area (Å²) < 4.78 is 2.02. The lowest BCUT2D eigenvalue weighted by molar-refractivity contribution is -0.120. The fourth-order valence-electron chi connectivity index (χ4n) is 3.27. The van der Waals surface area contributed by atoms with Crippen LogP contribution < -0.4 is 5.32 Å². The van der Waals surface area contributed by atoms with E-state index in [0.29, 0.717) is 12.6 Å². The summed E-state index contributed by atoms with van der Waals surface area (Å²) in [5, 5.41) is 12.4. The van der Waals surface area contributed by atoms with Gasteiger partial charge in [0.1, 0.15) is 0 Å². The first-order valence-electron chi connectivity index (χ1n) is 9.16. The third kappa shape index (κ3) is 4.36.